The molecule has 1 aromatic carbocycles. The minimum atomic E-state index is -0.112. The van der Waals surface area contributed by atoms with Gasteiger partial charge in [-0.3, -0.25) is 4.79 Å². The quantitative estimate of drug-likeness (QED) is 0.887. The van der Waals surface area contributed by atoms with Gasteiger partial charge in [-0.2, -0.15) is 0 Å². The highest BCUT2D eigenvalue weighted by Crippen LogP contribution is 2.20. The van der Waals surface area contributed by atoms with Crippen LogP contribution in [0.3, 0.4) is 0 Å². The van der Waals surface area contributed by atoms with E-state index in [0.717, 1.165) is 5.56 Å². The average molecular weight is 309 g/mol. The van der Waals surface area contributed by atoms with Crippen molar-refractivity contribution >= 4 is 27.5 Å². The van der Waals surface area contributed by atoms with E-state index in [9.17, 15) is 4.79 Å². The molecule has 94 valence electrons. The van der Waals surface area contributed by atoms with E-state index in [0.29, 0.717) is 22.5 Å². The van der Waals surface area contributed by atoms with Crippen LogP contribution in [0.4, 0.5) is 5.69 Å². The second kappa shape index (κ2) is 5.27. The monoisotopic (exact) mass is 308 g/mol. The Bertz CT molecular complexity index is 566. The number of furan rings is 1. The molecule has 2 rings (SSSR count). The van der Waals surface area contributed by atoms with Crippen molar-refractivity contribution in [2.45, 2.75) is 6.54 Å². The van der Waals surface area contributed by atoms with Gasteiger partial charge >= 0.3 is 0 Å². The fraction of sp³-hybridized carbons (Fsp3) is 0.154. The van der Waals surface area contributed by atoms with Gasteiger partial charge in [0, 0.05) is 19.3 Å². The van der Waals surface area contributed by atoms with Gasteiger partial charge < -0.3 is 15.1 Å². The lowest BCUT2D eigenvalue weighted by Crippen LogP contribution is -2.26. The minimum absolute atomic E-state index is 0.112. The summed E-state index contributed by atoms with van der Waals surface area (Å²) in [6, 6.07) is 9.13. The Morgan fingerprint density at radius 1 is 1.39 bits per heavy atom. The molecule has 0 fully saturated rings. The van der Waals surface area contributed by atoms with Gasteiger partial charge in [-0.1, -0.05) is 18.2 Å². The van der Waals surface area contributed by atoms with Crippen LogP contribution in [-0.2, 0) is 6.54 Å². The smallest absolute Gasteiger partial charge is 0.258 e. The van der Waals surface area contributed by atoms with Crippen molar-refractivity contribution in [1.29, 1.82) is 0 Å². The van der Waals surface area contributed by atoms with Crippen molar-refractivity contribution in [2.75, 3.05) is 12.8 Å². The molecule has 4 nitrogen and oxygen atoms in total. The van der Waals surface area contributed by atoms with Gasteiger partial charge in [-0.15, -0.1) is 0 Å². The number of benzene rings is 1. The zero-order valence-electron chi connectivity index (χ0n) is 9.89. The van der Waals surface area contributed by atoms with Crippen LogP contribution < -0.4 is 5.73 Å². The summed E-state index contributed by atoms with van der Waals surface area (Å²) in [5, 5.41) is 0. The van der Waals surface area contributed by atoms with Crippen LogP contribution in [0.5, 0.6) is 0 Å². The fourth-order valence-electron chi connectivity index (χ4n) is 1.66. The van der Waals surface area contributed by atoms with E-state index >= 15 is 0 Å². The summed E-state index contributed by atoms with van der Waals surface area (Å²) >= 11 is 3.20. The van der Waals surface area contributed by atoms with Crippen molar-refractivity contribution in [3.63, 3.8) is 0 Å². The van der Waals surface area contributed by atoms with Crippen molar-refractivity contribution < 1.29 is 9.21 Å². The molecule has 0 aliphatic heterocycles. The maximum absolute atomic E-state index is 12.1. The Labute approximate surface area is 114 Å². The van der Waals surface area contributed by atoms with Crippen LogP contribution in [0, 0.1) is 0 Å². The highest BCUT2D eigenvalue weighted by atomic mass is 79.9. The molecule has 2 N–H and O–H groups in total. The van der Waals surface area contributed by atoms with E-state index in [-0.39, 0.29) is 5.91 Å². The van der Waals surface area contributed by atoms with Crippen molar-refractivity contribution in [3.05, 3.63) is 52.4 Å². The van der Waals surface area contributed by atoms with Gasteiger partial charge in [-0.25, -0.2) is 0 Å². The number of rotatable bonds is 3. The van der Waals surface area contributed by atoms with Gasteiger partial charge in [0.05, 0.1) is 11.8 Å². The highest BCUT2D eigenvalue weighted by Gasteiger charge is 2.17. The Balaban J connectivity index is 2.14. The molecule has 0 spiro atoms. The lowest BCUT2D eigenvalue weighted by atomic mass is 10.1. The number of para-hydroxylation sites is 1. The number of hydrogen-bond donors (Lipinski definition) is 1. The van der Waals surface area contributed by atoms with E-state index < -0.39 is 0 Å². The molecule has 5 heteroatoms. The van der Waals surface area contributed by atoms with E-state index in [4.69, 9.17) is 10.2 Å². The third-order valence-corrected chi connectivity index (χ3v) is 3.27. The molecule has 0 saturated heterocycles. The molecular formula is C13H13BrN2O2. The molecule has 0 aliphatic rings. The number of nitrogens with zero attached hydrogens (tertiary/aromatic N) is 1. The summed E-state index contributed by atoms with van der Waals surface area (Å²) in [5.41, 5.74) is 7.97. The number of hydrogen-bond acceptors (Lipinski definition) is 3. The number of carbonyl (C=O) groups is 1. The predicted molar refractivity (Wildman–Crippen MR) is 73.1 cm³/mol. The van der Waals surface area contributed by atoms with Gasteiger partial charge in [0.15, 0.2) is 4.67 Å². The second-order valence-electron chi connectivity index (χ2n) is 3.97. The Kier molecular flexibility index (Phi) is 3.72. The lowest BCUT2D eigenvalue weighted by Gasteiger charge is -2.17. The van der Waals surface area contributed by atoms with Crippen LogP contribution in [-0.4, -0.2) is 17.9 Å². The van der Waals surface area contributed by atoms with Crippen molar-refractivity contribution in [2.24, 2.45) is 0 Å². The van der Waals surface area contributed by atoms with Gasteiger partial charge in [0.25, 0.3) is 5.91 Å². The molecule has 0 saturated carbocycles. The number of amides is 1. The van der Waals surface area contributed by atoms with E-state index in [1.165, 1.54) is 6.26 Å². The lowest BCUT2D eigenvalue weighted by molar-refractivity contribution is 0.0783. The van der Waals surface area contributed by atoms with E-state index in [2.05, 4.69) is 15.9 Å². The normalized spacial score (nSPS) is 10.3. The van der Waals surface area contributed by atoms with Gasteiger partial charge in [0.1, 0.15) is 0 Å². The molecule has 0 radical (unpaired) electrons. The molecule has 0 aliphatic carbocycles. The highest BCUT2D eigenvalue weighted by molar-refractivity contribution is 9.10. The maximum Gasteiger partial charge on any atom is 0.258 e. The minimum Gasteiger partial charge on any atom is -0.457 e. The van der Waals surface area contributed by atoms with Crippen LogP contribution in [0.15, 0.2) is 45.7 Å². The van der Waals surface area contributed by atoms with Crippen LogP contribution in [0.1, 0.15) is 15.9 Å². The number of nitrogen functional groups attached to an aromatic ring is 1. The molecule has 0 unspecified atom stereocenters. The number of nitrogens with two attached hydrogens (primary N) is 1. The first kappa shape index (κ1) is 12.7. The van der Waals surface area contributed by atoms with Gasteiger partial charge in [0.2, 0.25) is 0 Å². The number of anilines is 1. The SMILES string of the molecule is CN(Cc1ccccc1N)C(=O)c1ccoc1Br. The van der Waals surface area contributed by atoms with Crippen LogP contribution in [0.2, 0.25) is 0 Å². The topological polar surface area (TPSA) is 59.5 Å². The third-order valence-electron chi connectivity index (χ3n) is 2.66. The summed E-state index contributed by atoms with van der Waals surface area (Å²) in [6.45, 7) is 0.461. The molecule has 0 atom stereocenters. The first-order valence-electron chi connectivity index (χ1n) is 5.41. The maximum atomic E-state index is 12.1. The molecular weight excluding hydrogens is 296 g/mol. The Hall–Kier alpha value is -1.75. The van der Waals surface area contributed by atoms with Gasteiger partial charge in [-0.05, 0) is 33.6 Å². The zero-order chi connectivity index (χ0) is 13.1. The fourth-order valence-corrected chi connectivity index (χ4v) is 2.07. The standard InChI is InChI=1S/C13H13BrN2O2/c1-16(8-9-4-2-3-5-11(9)15)13(17)10-6-7-18-12(10)14/h2-7H,8,15H2,1H3. The first-order chi connectivity index (χ1) is 8.59. The van der Waals surface area contributed by atoms with Crippen molar-refractivity contribution in [3.8, 4) is 0 Å². The largest absolute Gasteiger partial charge is 0.457 e. The number of halogens is 1. The molecule has 1 amide bonds. The molecule has 2 aromatic rings. The Morgan fingerprint density at radius 2 is 2.11 bits per heavy atom. The summed E-state index contributed by atoms with van der Waals surface area (Å²) in [5.74, 6) is -0.112. The average Bonchev–Trinajstić information content (AvgIpc) is 2.77. The number of carbonyl (C=O) groups excluding carboxylic acids is 1. The summed E-state index contributed by atoms with van der Waals surface area (Å²) < 4.78 is 5.50. The molecule has 1 aromatic heterocycles. The zero-order valence-corrected chi connectivity index (χ0v) is 11.5. The van der Waals surface area contributed by atoms with E-state index in [1.54, 1.807) is 18.0 Å². The second-order valence-corrected chi connectivity index (χ2v) is 4.69. The molecule has 18 heavy (non-hydrogen) atoms. The first-order valence-corrected chi connectivity index (χ1v) is 6.20. The van der Waals surface area contributed by atoms with Crippen LogP contribution in [0.25, 0.3) is 0 Å². The predicted octanol–water partition coefficient (Wildman–Crippen LogP) is 2.90. The summed E-state index contributed by atoms with van der Waals surface area (Å²) in [7, 11) is 1.73. The van der Waals surface area contributed by atoms with Crippen molar-refractivity contribution in [1.82, 2.24) is 4.90 Å². The van der Waals surface area contributed by atoms with E-state index in [1.807, 2.05) is 24.3 Å². The molecule has 0 bridgehead atoms. The summed E-state index contributed by atoms with van der Waals surface area (Å²) in [4.78, 5) is 13.7. The third kappa shape index (κ3) is 2.56. The Morgan fingerprint density at radius 3 is 2.72 bits per heavy atom. The van der Waals surface area contributed by atoms with Crippen LogP contribution >= 0.6 is 15.9 Å². The molecule has 1 heterocycles. The summed E-state index contributed by atoms with van der Waals surface area (Å²) in [6.07, 6.45) is 1.47.